The molecule has 2 saturated heterocycles. The molecule has 0 radical (unpaired) electrons. The third-order valence-electron chi connectivity index (χ3n) is 4.92. The van der Waals surface area contributed by atoms with Gasteiger partial charge in [0.25, 0.3) is 0 Å². The van der Waals surface area contributed by atoms with Gasteiger partial charge in [-0.25, -0.2) is 0 Å². The number of carbonyl (C=O) groups is 2. The van der Waals surface area contributed by atoms with Crippen LogP contribution in [0.2, 0.25) is 0 Å². The zero-order valence-electron chi connectivity index (χ0n) is 14.3. The van der Waals surface area contributed by atoms with E-state index in [-0.39, 0.29) is 11.8 Å². The number of piperazine rings is 1. The molecule has 6 heteroatoms. The molecule has 2 atom stereocenters. The number of amides is 2. The van der Waals surface area contributed by atoms with E-state index in [0.29, 0.717) is 31.5 Å². The summed E-state index contributed by atoms with van der Waals surface area (Å²) in [5.41, 5.74) is 1.23. The lowest BCUT2D eigenvalue weighted by Crippen LogP contribution is -2.55. The van der Waals surface area contributed by atoms with Crippen LogP contribution in [0, 0.1) is 0 Å². The van der Waals surface area contributed by atoms with Crippen molar-refractivity contribution in [3.8, 4) is 0 Å². The van der Waals surface area contributed by atoms with Crippen molar-refractivity contribution in [1.29, 1.82) is 0 Å². The van der Waals surface area contributed by atoms with E-state index in [9.17, 15) is 9.59 Å². The first-order chi connectivity index (χ1) is 11.6. The first kappa shape index (κ1) is 16.9. The summed E-state index contributed by atoms with van der Waals surface area (Å²) in [6.07, 6.45) is 7.16. The number of nitrogens with one attached hydrogen (secondary N) is 1. The van der Waals surface area contributed by atoms with Crippen LogP contribution < -0.4 is 5.32 Å². The minimum Gasteiger partial charge on any atom is -0.356 e. The number of aromatic nitrogens is 1. The Balaban J connectivity index is 1.50. The lowest BCUT2D eigenvalue weighted by molar-refractivity contribution is -0.137. The Morgan fingerprint density at radius 3 is 2.67 bits per heavy atom. The zero-order valence-corrected chi connectivity index (χ0v) is 14.3. The maximum absolute atomic E-state index is 12.6. The van der Waals surface area contributed by atoms with E-state index >= 15 is 0 Å². The number of pyridine rings is 1. The minimum atomic E-state index is -0.0356. The summed E-state index contributed by atoms with van der Waals surface area (Å²) in [7, 11) is 0. The molecule has 3 rings (SSSR count). The fourth-order valence-corrected chi connectivity index (χ4v) is 3.91. The molecule has 2 unspecified atom stereocenters. The maximum atomic E-state index is 12.6. The predicted molar refractivity (Wildman–Crippen MR) is 91.1 cm³/mol. The van der Waals surface area contributed by atoms with E-state index in [1.54, 1.807) is 6.20 Å². The molecule has 2 aliphatic rings. The number of hydrogen-bond donors (Lipinski definition) is 1. The summed E-state index contributed by atoms with van der Waals surface area (Å²) in [6.45, 7) is 4.89. The van der Waals surface area contributed by atoms with Gasteiger partial charge in [-0.15, -0.1) is 0 Å². The SMILES string of the molecule is CC(=O)NCCCC(=O)N1C2CCC1CN(Cc1cccnc1)C2. The number of carbonyl (C=O) groups excluding carboxylic acids is 2. The Morgan fingerprint density at radius 2 is 2.04 bits per heavy atom. The molecule has 1 aromatic heterocycles. The Morgan fingerprint density at radius 1 is 1.29 bits per heavy atom. The number of nitrogens with zero attached hydrogens (tertiary/aromatic N) is 3. The smallest absolute Gasteiger partial charge is 0.223 e. The van der Waals surface area contributed by atoms with E-state index in [0.717, 1.165) is 32.5 Å². The second kappa shape index (κ2) is 7.75. The van der Waals surface area contributed by atoms with Crippen molar-refractivity contribution in [1.82, 2.24) is 20.1 Å². The second-order valence-electron chi connectivity index (χ2n) is 6.83. The number of fused-ring (bicyclic) bond motifs is 2. The highest BCUT2D eigenvalue weighted by Gasteiger charge is 2.41. The third kappa shape index (κ3) is 4.12. The maximum Gasteiger partial charge on any atom is 0.223 e. The van der Waals surface area contributed by atoms with Crippen LogP contribution in [0.5, 0.6) is 0 Å². The van der Waals surface area contributed by atoms with Crippen molar-refractivity contribution in [2.24, 2.45) is 0 Å². The molecule has 2 amide bonds. The van der Waals surface area contributed by atoms with Gasteiger partial charge in [0.2, 0.25) is 11.8 Å². The van der Waals surface area contributed by atoms with Crippen molar-refractivity contribution in [2.75, 3.05) is 19.6 Å². The van der Waals surface area contributed by atoms with Crippen LogP contribution in [0.25, 0.3) is 0 Å². The number of rotatable bonds is 6. The van der Waals surface area contributed by atoms with Crippen LogP contribution in [-0.4, -0.2) is 58.3 Å². The summed E-state index contributed by atoms with van der Waals surface area (Å²) in [5.74, 6) is 0.209. The zero-order chi connectivity index (χ0) is 16.9. The van der Waals surface area contributed by atoms with Gasteiger partial charge in [0.1, 0.15) is 0 Å². The lowest BCUT2D eigenvalue weighted by Gasteiger charge is -2.41. The molecule has 2 fully saturated rings. The largest absolute Gasteiger partial charge is 0.356 e. The van der Waals surface area contributed by atoms with Crippen molar-refractivity contribution in [3.63, 3.8) is 0 Å². The monoisotopic (exact) mass is 330 g/mol. The Labute approximate surface area is 143 Å². The van der Waals surface area contributed by atoms with Crippen molar-refractivity contribution in [2.45, 2.75) is 51.2 Å². The fourth-order valence-electron chi connectivity index (χ4n) is 3.91. The van der Waals surface area contributed by atoms with Crippen LogP contribution >= 0.6 is 0 Å². The van der Waals surface area contributed by atoms with Crippen LogP contribution in [-0.2, 0) is 16.1 Å². The predicted octanol–water partition coefficient (Wildman–Crippen LogP) is 1.17. The molecule has 0 saturated carbocycles. The van der Waals surface area contributed by atoms with E-state index in [2.05, 4.69) is 26.2 Å². The molecule has 2 aliphatic heterocycles. The highest BCUT2D eigenvalue weighted by atomic mass is 16.2. The van der Waals surface area contributed by atoms with Gasteiger partial charge >= 0.3 is 0 Å². The molecule has 0 aliphatic carbocycles. The van der Waals surface area contributed by atoms with Crippen LogP contribution in [0.1, 0.15) is 38.2 Å². The molecule has 1 aromatic rings. The van der Waals surface area contributed by atoms with E-state index < -0.39 is 0 Å². The van der Waals surface area contributed by atoms with Gasteiger partial charge in [-0.05, 0) is 30.9 Å². The summed E-state index contributed by atoms with van der Waals surface area (Å²) in [5, 5.41) is 2.75. The van der Waals surface area contributed by atoms with Gasteiger partial charge in [0.05, 0.1) is 0 Å². The number of likely N-dealkylation sites (tertiary alicyclic amines) is 1. The van der Waals surface area contributed by atoms with Gasteiger partial charge in [-0.2, -0.15) is 0 Å². The highest BCUT2D eigenvalue weighted by molar-refractivity contribution is 5.77. The topological polar surface area (TPSA) is 65.5 Å². The lowest BCUT2D eigenvalue weighted by atomic mass is 10.1. The summed E-state index contributed by atoms with van der Waals surface area (Å²) in [4.78, 5) is 32.2. The van der Waals surface area contributed by atoms with Crippen LogP contribution in [0.4, 0.5) is 0 Å². The van der Waals surface area contributed by atoms with Gasteiger partial charge in [-0.1, -0.05) is 6.07 Å². The van der Waals surface area contributed by atoms with E-state index in [1.807, 2.05) is 12.3 Å². The van der Waals surface area contributed by atoms with Gasteiger partial charge in [0, 0.05) is 64.0 Å². The average Bonchev–Trinajstić information content (AvgIpc) is 2.83. The molecular weight excluding hydrogens is 304 g/mol. The second-order valence-corrected chi connectivity index (χ2v) is 6.83. The Hall–Kier alpha value is -1.95. The van der Waals surface area contributed by atoms with Crippen LogP contribution in [0.15, 0.2) is 24.5 Å². The Bertz CT molecular complexity index is 564. The molecule has 1 N–H and O–H groups in total. The first-order valence-electron chi connectivity index (χ1n) is 8.80. The first-order valence-corrected chi connectivity index (χ1v) is 8.80. The van der Waals surface area contributed by atoms with Crippen molar-refractivity contribution < 1.29 is 9.59 Å². The normalized spacial score (nSPS) is 23.3. The molecule has 24 heavy (non-hydrogen) atoms. The average molecular weight is 330 g/mol. The molecule has 0 aromatic carbocycles. The van der Waals surface area contributed by atoms with Crippen molar-refractivity contribution in [3.05, 3.63) is 30.1 Å². The van der Waals surface area contributed by atoms with E-state index in [4.69, 9.17) is 0 Å². The molecule has 6 nitrogen and oxygen atoms in total. The number of hydrogen-bond acceptors (Lipinski definition) is 4. The van der Waals surface area contributed by atoms with Gasteiger partial charge in [0.15, 0.2) is 0 Å². The molecule has 0 spiro atoms. The molecular formula is C18H26N4O2. The molecule has 2 bridgehead atoms. The summed E-state index contributed by atoms with van der Waals surface area (Å²) in [6, 6.07) is 4.76. The van der Waals surface area contributed by atoms with Crippen molar-refractivity contribution >= 4 is 11.8 Å². The quantitative estimate of drug-likeness (QED) is 0.795. The fraction of sp³-hybridized carbons (Fsp3) is 0.611. The summed E-state index contributed by atoms with van der Waals surface area (Å²) < 4.78 is 0. The third-order valence-corrected chi connectivity index (χ3v) is 4.92. The van der Waals surface area contributed by atoms with Crippen LogP contribution in [0.3, 0.4) is 0 Å². The van der Waals surface area contributed by atoms with Gasteiger partial charge < -0.3 is 10.2 Å². The standard InChI is InChI=1S/C18H26N4O2/c1-14(23)20-9-3-5-18(24)22-16-6-7-17(22)13-21(12-16)11-15-4-2-8-19-10-15/h2,4,8,10,16-17H,3,5-7,9,11-13H2,1H3,(H,20,23). The Kier molecular flexibility index (Phi) is 5.45. The minimum absolute atomic E-state index is 0.0356. The van der Waals surface area contributed by atoms with E-state index in [1.165, 1.54) is 12.5 Å². The highest BCUT2D eigenvalue weighted by Crippen LogP contribution is 2.31. The molecule has 130 valence electrons. The molecule has 3 heterocycles. The van der Waals surface area contributed by atoms with Gasteiger partial charge in [-0.3, -0.25) is 19.5 Å². The summed E-state index contributed by atoms with van der Waals surface area (Å²) >= 11 is 0.